The Morgan fingerprint density at radius 3 is 2.11 bits per heavy atom. The molecule has 0 fully saturated rings. The second-order valence-corrected chi connectivity index (χ2v) is 10.2. The molecule has 1 unspecified atom stereocenters. The van der Waals surface area contributed by atoms with Crippen molar-refractivity contribution in [1.29, 1.82) is 0 Å². The van der Waals surface area contributed by atoms with Gasteiger partial charge in [0.25, 0.3) is 0 Å². The number of aryl methyl sites for hydroxylation is 1. The SMILES string of the molecule is CCc1cc(Oc2cccc(N(Cc3cccc(OC(F)(F)C(F)F)c3)C(CO)c3ccc(C(F)(F)F)cc3)c2)ccc1Cl. The molecule has 4 aromatic rings. The highest BCUT2D eigenvalue weighted by atomic mass is 35.5. The maximum atomic E-state index is 13.6. The maximum absolute atomic E-state index is 13.6. The van der Waals surface area contributed by atoms with E-state index in [-0.39, 0.29) is 6.54 Å². The quantitative estimate of drug-likeness (QED) is 0.156. The van der Waals surface area contributed by atoms with Gasteiger partial charge in [-0.25, -0.2) is 0 Å². The van der Waals surface area contributed by atoms with Crippen molar-refractivity contribution in [2.45, 2.75) is 44.6 Å². The number of ether oxygens (including phenoxy) is 2. The van der Waals surface area contributed by atoms with Gasteiger partial charge in [-0.1, -0.05) is 48.9 Å². The largest absolute Gasteiger partial charge is 0.461 e. The van der Waals surface area contributed by atoms with E-state index in [1.165, 1.54) is 24.3 Å². The van der Waals surface area contributed by atoms with Crippen LogP contribution in [0.4, 0.5) is 36.4 Å². The summed E-state index contributed by atoms with van der Waals surface area (Å²) < 4.78 is 103. The normalized spacial score (nSPS) is 12.7. The summed E-state index contributed by atoms with van der Waals surface area (Å²) in [5.74, 6) is 0.366. The van der Waals surface area contributed by atoms with Crippen LogP contribution in [0, 0.1) is 0 Å². The Morgan fingerprint density at radius 1 is 0.818 bits per heavy atom. The molecule has 0 radical (unpaired) electrons. The number of hydrogen-bond acceptors (Lipinski definition) is 4. The Balaban J connectivity index is 1.72. The van der Waals surface area contributed by atoms with Crippen LogP contribution in [-0.4, -0.2) is 24.2 Å². The van der Waals surface area contributed by atoms with E-state index in [9.17, 15) is 35.8 Å². The van der Waals surface area contributed by atoms with E-state index in [4.69, 9.17) is 16.3 Å². The number of aliphatic hydroxyl groups excluding tert-OH is 1. The number of rotatable bonds is 12. The van der Waals surface area contributed by atoms with Gasteiger partial charge in [-0.3, -0.25) is 0 Å². The number of anilines is 1. The lowest BCUT2D eigenvalue weighted by molar-refractivity contribution is -0.253. The maximum Gasteiger partial charge on any atom is 0.461 e. The van der Waals surface area contributed by atoms with Crippen LogP contribution in [-0.2, 0) is 19.1 Å². The lowest BCUT2D eigenvalue weighted by Crippen LogP contribution is -2.33. The highest BCUT2D eigenvalue weighted by Crippen LogP contribution is 2.36. The lowest BCUT2D eigenvalue weighted by atomic mass is 10.0. The zero-order valence-corrected chi connectivity index (χ0v) is 23.9. The minimum Gasteiger partial charge on any atom is -0.457 e. The van der Waals surface area contributed by atoms with Crippen LogP contribution in [0.15, 0.2) is 91.0 Å². The molecule has 1 atom stereocenters. The van der Waals surface area contributed by atoms with Crippen molar-refractivity contribution in [3.8, 4) is 17.2 Å². The van der Waals surface area contributed by atoms with E-state index < -0.39 is 42.7 Å². The molecule has 4 rings (SSSR count). The molecule has 0 amide bonds. The van der Waals surface area contributed by atoms with Crippen LogP contribution in [0.1, 0.15) is 35.2 Å². The van der Waals surface area contributed by atoms with Crippen molar-refractivity contribution in [2.75, 3.05) is 11.5 Å². The number of alkyl halides is 7. The third-order valence-corrected chi connectivity index (χ3v) is 7.08. The van der Waals surface area contributed by atoms with E-state index in [1.54, 1.807) is 47.4 Å². The smallest absolute Gasteiger partial charge is 0.457 e. The average molecular weight is 642 g/mol. The Hall–Kier alpha value is -3.96. The van der Waals surface area contributed by atoms with Gasteiger partial charge < -0.3 is 19.5 Å². The fourth-order valence-electron chi connectivity index (χ4n) is 4.51. The first kappa shape index (κ1) is 32.9. The third kappa shape index (κ3) is 8.15. The predicted molar refractivity (Wildman–Crippen MR) is 153 cm³/mol. The number of halogens is 8. The molecule has 0 aliphatic carbocycles. The molecule has 4 aromatic carbocycles. The number of nitrogens with zero attached hydrogens (tertiary/aromatic N) is 1. The van der Waals surface area contributed by atoms with Crippen LogP contribution in [0.3, 0.4) is 0 Å². The first-order valence-electron chi connectivity index (χ1n) is 13.4. The summed E-state index contributed by atoms with van der Waals surface area (Å²) in [6.45, 7) is 1.30. The van der Waals surface area contributed by atoms with Gasteiger partial charge in [-0.15, -0.1) is 0 Å². The van der Waals surface area contributed by atoms with Crippen molar-refractivity contribution < 1.29 is 45.3 Å². The van der Waals surface area contributed by atoms with Gasteiger partial charge in [0.05, 0.1) is 18.2 Å². The highest BCUT2D eigenvalue weighted by molar-refractivity contribution is 6.31. The van der Waals surface area contributed by atoms with Crippen LogP contribution in [0.5, 0.6) is 17.2 Å². The summed E-state index contributed by atoms with van der Waals surface area (Å²) in [6, 6.07) is 20.3. The second kappa shape index (κ2) is 13.8. The van der Waals surface area contributed by atoms with Crippen molar-refractivity contribution in [3.05, 3.63) is 118 Å². The van der Waals surface area contributed by atoms with E-state index >= 15 is 0 Å². The van der Waals surface area contributed by atoms with Gasteiger partial charge in [0.15, 0.2) is 0 Å². The summed E-state index contributed by atoms with van der Waals surface area (Å²) >= 11 is 6.21. The molecular weight excluding hydrogens is 615 g/mol. The predicted octanol–water partition coefficient (Wildman–Crippen LogP) is 9.69. The summed E-state index contributed by atoms with van der Waals surface area (Å²) in [6.07, 6.45) is -12.7. The second-order valence-electron chi connectivity index (χ2n) is 9.76. The molecule has 0 heterocycles. The Bertz CT molecular complexity index is 1550. The minimum atomic E-state index is -4.73. The fourth-order valence-corrected chi connectivity index (χ4v) is 4.76. The first-order chi connectivity index (χ1) is 20.8. The fraction of sp³-hybridized carbons (Fsp3) is 0.250. The molecular formula is C32H27ClF7NO3. The molecule has 0 aromatic heterocycles. The monoisotopic (exact) mass is 641 g/mol. The lowest BCUT2D eigenvalue weighted by Gasteiger charge is -2.33. The molecule has 234 valence electrons. The van der Waals surface area contributed by atoms with Gasteiger partial charge in [-0.05, 0) is 77.7 Å². The topological polar surface area (TPSA) is 41.9 Å². The highest BCUT2D eigenvalue weighted by Gasteiger charge is 2.44. The molecule has 0 aliphatic heterocycles. The summed E-state index contributed by atoms with van der Waals surface area (Å²) in [4.78, 5) is 1.62. The van der Waals surface area contributed by atoms with Gasteiger partial charge in [0.1, 0.15) is 17.2 Å². The molecule has 12 heteroatoms. The minimum absolute atomic E-state index is 0.0892. The van der Waals surface area contributed by atoms with E-state index in [0.29, 0.717) is 39.8 Å². The molecule has 0 aliphatic rings. The number of aliphatic hydroxyl groups is 1. The van der Waals surface area contributed by atoms with Gasteiger partial charge in [-0.2, -0.15) is 30.7 Å². The van der Waals surface area contributed by atoms with Crippen molar-refractivity contribution in [3.63, 3.8) is 0 Å². The first-order valence-corrected chi connectivity index (χ1v) is 13.7. The van der Waals surface area contributed by atoms with Gasteiger partial charge >= 0.3 is 18.7 Å². The Kier molecular flexibility index (Phi) is 10.3. The summed E-state index contributed by atoms with van der Waals surface area (Å²) in [5.41, 5.74) is 1.10. The van der Waals surface area contributed by atoms with Crippen LogP contribution >= 0.6 is 11.6 Å². The van der Waals surface area contributed by atoms with Crippen LogP contribution in [0.25, 0.3) is 0 Å². The average Bonchev–Trinajstić information content (AvgIpc) is 2.98. The number of benzene rings is 4. The molecule has 1 N–H and O–H groups in total. The van der Waals surface area contributed by atoms with Crippen LogP contribution in [0.2, 0.25) is 5.02 Å². The van der Waals surface area contributed by atoms with Crippen molar-refractivity contribution >= 4 is 17.3 Å². The zero-order chi connectivity index (χ0) is 32.1. The molecule has 0 saturated heterocycles. The Labute approximate surface area is 254 Å². The van der Waals surface area contributed by atoms with E-state index in [2.05, 4.69) is 4.74 Å². The molecule has 4 nitrogen and oxygen atoms in total. The molecule has 0 bridgehead atoms. The molecule has 44 heavy (non-hydrogen) atoms. The zero-order valence-electron chi connectivity index (χ0n) is 23.2. The summed E-state index contributed by atoms with van der Waals surface area (Å²) in [5, 5.41) is 11.0. The Morgan fingerprint density at radius 2 is 1.48 bits per heavy atom. The third-order valence-electron chi connectivity index (χ3n) is 6.71. The van der Waals surface area contributed by atoms with Crippen molar-refractivity contribution in [1.82, 2.24) is 0 Å². The standard InChI is InChI=1S/C32H27ClF7NO3/c1-2-21-16-26(13-14-28(21)33)43-25-7-4-6-24(17-25)41(29(19-42)22-9-11-23(12-10-22)31(36,37)38)18-20-5-3-8-27(15-20)44-32(39,40)30(34)35/h3-17,29-30,42H,2,18-19H2,1H3. The van der Waals surface area contributed by atoms with Crippen LogP contribution < -0.4 is 14.4 Å². The molecule has 0 saturated carbocycles. The molecule has 0 spiro atoms. The summed E-state index contributed by atoms with van der Waals surface area (Å²) in [7, 11) is 0. The van der Waals surface area contributed by atoms with Crippen molar-refractivity contribution in [2.24, 2.45) is 0 Å². The van der Waals surface area contributed by atoms with E-state index in [0.717, 1.165) is 29.8 Å². The van der Waals surface area contributed by atoms with Gasteiger partial charge in [0, 0.05) is 23.3 Å². The van der Waals surface area contributed by atoms with Gasteiger partial charge in [0.2, 0.25) is 0 Å². The van der Waals surface area contributed by atoms with E-state index in [1.807, 2.05) is 6.92 Å². The number of hydrogen-bond donors (Lipinski definition) is 1.